The second kappa shape index (κ2) is 8.36. The van der Waals surface area contributed by atoms with Crippen molar-refractivity contribution >= 4 is 11.8 Å². The molecule has 0 atom stereocenters. The number of hydrogen-bond donors (Lipinski definition) is 2. The maximum absolute atomic E-state index is 4.74. The largest absolute Gasteiger partial charge is 0.357 e. The molecular formula is C19H31N5. The summed E-state index contributed by atoms with van der Waals surface area (Å²) in [5.74, 6) is 3.04. The molecule has 0 bridgehead atoms. The summed E-state index contributed by atoms with van der Waals surface area (Å²) >= 11 is 0. The van der Waals surface area contributed by atoms with E-state index in [0.717, 1.165) is 56.7 Å². The standard InChI is InChI=1S/C19H31N5/c1-3-20-19(21-11-8-16-5-6-16)23-17-9-12-24(13-10-17)18-7-4-15(2)14-22-18/h4,7,14,16-17H,3,5-6,8-13H2,1-2H3,(H2,20,21,23). The van der Waals surface area contributed by atoms with Crippen LogP contribution in [0.5, 0.6) is 0 Å². The fraction of sp³-hybridized carbons (Fsp3) is 0.684. The molecule has 1 aliphatic carbocycles. The van der Waals surface area contributed by atoms with Crippen LogP contribution in [0.15, 0.2) is 23.3 Å². The lowest BCUT2D eigenvalue weighted by molar-refractivity contribution is 0.459. The molecular weight excluding hydrogens is 298 g/mol. The fourth-order valence-corrected chi connectivity index (χ4v) is 3.18. The molecule has 5 heteroatoms. The van der Waals surface area contributed by atoms with Crippen molar-refractivity contribution in [3.63, 3.8) is 0 Å². The van der Waals surface area contributed by atoms with Crippen LogP contribution in [0.2, 0.25) is 0 Å². The van der Waals surface area contributed by atoms with Gasteiger partial charge in [0, 0.05) is 38.4 Å². The van der Waals surface area contributed by atoms with Crippen LogP contribution in [0.4, 0.5) is 5.82 Å². The van der Waals surface area contributed by atoms with Gasteiger partial charge in [-0.3, -0.25) is 4.99 Å². The van der Waals surface area contributed by atoms with Gasteiger partial charge in [-0.2, -0.15) is 0 Å². The number of nitrogens with zero attached hydrogens (tertiary/aromatic N) is 3. The zero-order valence-corrected chi connectivity index (χ0v) is 15.1. The maximum atomic E-state index is 4.74. The predicted octanol–water partition coefficient (Wildman–Crippen LogP) is 2.71. The number of rotatable bonds is 6. The van der Waals surface area contributed by atoms with E-state index in [1.54, 1.807) is 0 Å². The molecule has 0 radical (unpaired) electrons. The lowest BCUT2D eigenvalue weighted by atomic mass is 10.1. The highest BCUT2D eigenvalue weighted by Gasteiger charge is 2.22. The molecule has 3 rings (SSSR count). The smallest absolute Gasteiger partial charge is 0.191 e. The molecule has 1 aromatic rings. The molecule has 24 heavy (non-hydrogen) atoms. The van der Waals surface area contributed by atoms with Crippen molar-refractivity contribution in [3.8, 4) is 0 Å². The molecule has 2 aliphatic rings. The van der Waals surface area contributed by atoms with E-state index in [4.69, 9.17) is 4.99 Å². The molecule has 0 aromatic carbocycles. The third-order valence-electron chi connectivity index (χ3n) is 4.90. The van der Waals surface area contributed by atoms with Crippen molar-refractivity contribution in [1.29, 1.82) is 0 Å². The third-order valence-corrected chi connectivity index (χ3v) is 4.90. The first-order valence-electron chi connectivity index (χ1n) is 9.47. The Morgan fingerprint density at radius 2 is 2.04 bits per heavy atom. The predicted molar refractivity (Wildman–Crippen MR) is 101 cm³/mol. The van der Waals surface area contributed by atoms with Crippen molar-refractivity contribution < 1.29 is 0 Å². The van der Waals surface area contributed by atoms with E-state index >= 15 is 0 Å². The molecule has 132 valence electrons. The maximum Gasteiger partial charge on any atom is 0.191 e. The van der Waals surface area contributed by atoms with Crippen LogP contribution < -0.4 is 15.5 Å². The number of aliphatic imine (C=N–C) groups is 1. The second-order valence-corrected chi connectivity index (χ2v) is 7.09. The van der Waals surface area contributed by atoms with Crippen molar-refractivity contribution in [3.05, 3.63) is 23.9 Å². The van der Waals surface area contributed by atoms with Gasteiger partial charge in [-0.05, 0) is 50.7 Å². The minimum absolute atomic E-state index is 0.505. The Labute approximate surface area is 146 Å². The summed E-state index contributed by atoms with van der Waals surface area (Å²) in [4.78, 5) is 11.7. The lowest BCUT2D eigenvalue weighted by Gasteiger charge is -2.33. The van der Waals surface area contributed by atoms with E-state index in [0.29, 0.717) is 6.04 Å². The highest BCUT2D eigenvalue weighted by atomic mass is 15.2. The molecule has 5 nitrogen and oxygen atoms in total. The highest BCUT2D eigenvalue weighted by Crippen LogP contribution is 2.32. The first kappa shape index (κ1) is 17.1. The fourth-order valence-electron chi connectivity index (χ4n) is 3.18. The highest BCUT2D eigenvalue weighted by molar-refractivity contribution is 5.80. The number of anilines is 1. The lowest BCUT2D eigenvalue weighted by Crippen LogP contribution is -2.49. The number of aromatic nitrogens is 1. The molecule has 2 heterocycles. The number of hydrogen-bond acceptors (Lipinski definition) is 3. The monoisotopic (exact) mass is 329 g/mol. The Morgan fingerprint density at radius 3 is 2.67 bits per heavy atom. The van der Waals surface area contributed by atoms with Crippen LogP contribution in [0.1, 0.15) is 44.6 Å². The summed E-state index contributed by atoms with van der Waals surface area (Å²) in [6, 6.07) is 4.78. The van der Waals surface area contributed by atoms with E-state index < -0.39 is 0 Å². The van der Waals surface area contributed by atoms with Crippen LogP contribution in [-0.2, 0) is 0 Å². The van der Waals surface area contributed by atoms with E-state index in [2.05, 4.69) is 46.5 Å². The number of pyridine rings is 1. The van der Waals surface area contributed by atoms with Crippen LogP contribution in [0.25, 0.3) is 0 Å². The Morgan fingerprint density at radius 1 is 1.25 bits per heavy atom. The minimum atomic E-state index is 0.505. The Balaban J connectivity index is 1.46. The van der Waals surface area contributed by atoms with Gasteiger partial charge in [-0.1, -0.05) is 18.9 Å². The van der Waals surface area contributed by atoms with Gasteiger partial charge in [-0.25, -0.2) is 4.98 Å². The summed E-state index contributed by atoms with van der Waals surface area (Å²) in [7, 11) is 0. The number of guanidine groups is 1. The van der Waals surface area contributed by atoms with E-state index in [1.165, 1.54) is 24.8 Å². The van der Waals surface area contributed by atoms with E-state index in [9.17, 15) is 0 Å². The molecule has 2 N–H and O–H groups in total. The van der Waals surface area contributed by atoms with Crippen molar-refractivity contribution in [1.82, 2.24) is 15.6 Å². The topological polar surface area (TPSA) is 52.6 Å². The van der Waals surface area contributed by atoms with Gasteiger partial charge in [0.2, 0.25) is 0 Å². The average molecular weight is 329 g/mol. The van der Waals surface area contributed by atoms with Crippen molar-refractivity contribution in [2.45, 2.75) is 52.0 Å². The first-order valence-corrected chi connectivity index (χ1v) is 9.47. The number of nitrogens with one attached hydrogen (secondary N) is 2. The summed E-state index contributed by atoms with van der Waals surface area (Å²) in [5, 5.41) is 7.01. The van der Waals surface area contributed by atoms with Crippen molar-refractivity contribution in [2.75, 3.05) is 31.1 Å². The molecule has 2 fully saturated rings. The van der Waals surface area contributed by atoms with Gasteiger partial charge >= 0.3 is 0 Å². The van der Waals surface area contributed by atoms with Gasteiger partial charge in [0.25, 0.3) is 0 Å². The van der Waals surface area contributed by atoms with Gasteiger partial charge in [0.05, 0.1) is 0 Å². The second-order valence-electron chi connectivity index (χ2n) is 7.09. The summed E-state index contributed by atoms with van der Waals surface area (Å²) in [6.07, 6.45) is 8.27. The third kappa shape index (κ3) is 5.11. The summed E-state index contributed by atoms with van der Waals surface area (Å²) in [5.41, 5.74) is 1.22. The van der Waals surface area contributed by atoms with Gasteiger partial charge < -0.3 is 15.5 Å². The van der Waals surface area contributed by atoms with Crippen LogP contribution >= 0.6 is 0 Å². The molecule has 1 saturated carbocycles. The Hall–Kier alpha value is -1.78. The van der Waals surface area contributed by atoms with E-state index in [-0.39, 0.29) is 0 Å². The molecule has 1 aliphatic heterocycles. The molecule has 0 amide bonds. The number of aryl methyl sites for hydroxylation is 1. The van der Waals surface area contributed by atoms with Crippen LogP contribution in [-0.4, -0.2) is 43.2 Å². The van der Waals surface area contributed by atoms with Gasteiger partial charge in [-0.15, -0.1) is 0 Å². The Bertz CT molecular complexity index is 527. The first-order chi connectivity index (χ1) is 11.7. The quantitative estimate of drug-likeness (QED) is 0.622. The van der Waals surface area contributed by atoms with E-state index in [1.807, 2.05) is 6.20 Å². The SMILES string of the molecule is CCNC(=NCCC1CC1)NC1CCN(c2ccc(C)cn2)CC1. The summed E-state index contributed by atoms with van der Waals surface area (Å²) < 4.78 is 0. The molecule has 1 saturated heterocycles. The summed E-state index contributed by atoms with van der Waals surface area (Å²) in [6.45, 7) is 8.18. The zero-order valence-electron chi connectivity index (χ0n) is 15.1. The molecule has 0 spiro atoms. The minimum Gasteiger partial charge on any atom is -0.357 e. The number of piperidine rings is 1. The average Bonchev–Trinajstić information content (AvgIpc) is 3.41. The van der Waals surface area contributed by atoms with Gasteiger partial charge in [0.15, 0.2) is 5.96 Å². The van der Waals surface area contributed by atoms with Gasteiger partial charge in [0.1, 0.15) is 5.82 Å². The molecule has 1 aromatic heterocycles. The zero-order chi connectivity index (χ0) is 16.8. The van der Waals surface area contributed by atoms with Crippen LogP contribution in [0.3, 0.4) is 0 Å². The van der Waals surface area contributed by atoms with Crippen molar-refractivity contribution in [2.24, 2.45) is 10.9 Å². The Kier molecular flexibility index (Phi) is 5.94. The molecule has 0 unspecified atom stereocenters. The van der Waals surface area contributed by atoms with Crippen LogP contribution in [0, 0.1) is 12.8 Å². The normalized spacial score (nSPS) is 19.4.